The topological polar surface area (TPSA) is 95.5 Å². The van der Waals surface area contributed by atoms with Crippen LogP contribution in [0.2, 0.25) is 5.15 Å². The van der Waals surface area contributed by atoms with Gasteiger partial charge in [0.2, 0.25) is 0 Å². The van der Waals surface area contributed by atoms with Crippen LogP contribution in [0.5, 0.6) is 0 Å². The number of hydrogen-bond acceptors (Lipinski definition) is 6. The summed E-state index contributed by atoms with van der Waals surface area (Å²) in [5.41, 5.74) is 7.09. The van der Waals surface area contributed by atoms with Crippen molar-refractivity contribution in [1.82, 2.24) is 9.97 Å². The molecule has 17 heavy (non-hydrogen) atoms. The van der Waals surface area contributed by atoms with Crippen molar-refractivity contribution in [1.29, 1.82) is 0 Å². The maximum absolute atomic E-state index is 8.98. The third-order valence-electron chi connectivity index (χ3n) is 2.18. The van der Waals surface area contributed by atoms with Gasteiger partial charge < -0.3 is 5.73 Å². The summed E-state index contributed by atoms with van der Waals surface area (Å²) in [5.74, 6) is 0. The molecule has 0 saturated carbocycles. The monoisotopic (exact) mass is 252 g/mol. The molecular weight excluding hydrogens is 244 g/mol. The molecule has 0 aliphatic rings. The molecule has 1 heterocycles. The number of halogens is 1. The predicted molar refractivity (Wildman–Crippen MR) is 62.9 cm³/mol. The molecule has 0 radical (unpaired) electrons. The Balaban J connectivity index is 2.50. The summed E-state index contributed by atoms with van der Waals surface area (Å²) in [6.07, 6.45) is 1.32. The lowest BCUT2D eigenvalue weighted by Crippen LogP contribution is -2.13. The van der Waals surface area contributed by atoms with Crippen LogP contribution in [0.3, 0.4) is 0 Å². The number of nitrogens with zero attached hydrogens (tertiary/aromatic N) is 3. The smallest absolute Gasteiger partial charge is 0.133 e. The molecule has 6 nitrogen and oxygen atoms in total. The Morgan fingerprint density at radius 2 is 1.94 bits per heavy atom. The zero-order chi connectivity index (χ0) is 12.4. The van der Waals surface area contributed by atoms with Gasteiger partial charge in [0.05, 0.1) is 11.4 Å². The second kappa shape index (κ2) is 4.54. The summed E-state index contributed by atoms with van der Waals surface area (Å²) in [5, 5.41) is 18.2. The van der Waals surface area contributed by atoms with Gasteiger partial charge in [-0.25, -0.2) is 9.97 Å². The number of benzene rings is 1. The molecule has 0 saturated heterocycles. The summed E-state index contributed by atoms with van der Waals surface area (Å²) >= 11 is 5.74. The Hall–Kier alpha value is -1.89. The molecule has 7 heteroatoms. The van der Waals surface area contributed by atoms with E-state index in [-0.39, 0.29) is 16.6 Å². The fraction of sp³-hybridized carbons (Fsp3) is 0. The second-order valence-corrected chi connectivity index (χ2v) is 3.68. The van der Waals surface area contributed by atoms with E-state index in [2.05, 4.69) is 9.97 Å². The van der Waals surface area contributed by atoms with Gasteiger partial charge in [-0.15, -0.1) is 5.23 Å². The number of nitrogens with two attached hydrogens (primary N) is 1. The standard InChI is InChI=1S/C10H9ClN4O2/c11-10-4-8(13-5-14-10)6-1-2-7(12)9(3-6)15(16)17/h1-5,16-17H,12H2. The maximum Gasteiger partial charge on any atom is 0.133 e. The van der Waals surface area contributed by atoms with E-state index >= 15 is 0 Å². The number of anilines is 2. The third-order valence-corrected chi connectivity index (χ3v) is 2.38. The van der Waals surface area contributed by atoms with Crippen LogP contribution in [0.4, 0.5) is 11.4 Å². The molecule has 2 rings (SSSR count). The van der Waals surface area contributed by atoms with Crippen LogP contribution >= 0.6 is 11.6 Å². The zero-order valence-electron chi connectivity index (χ0n) is 8.58. The van der Waals surface area contributed by atoms with Gasteiger partial charge in [0, 0.05) is 11.6 Å². The van der Waals surface area contributed by atoms with E-state index in [9.17, 15) is 0 Å². The summed E-state index contributed by atoms with van der Waals surface area (Å²) in [6.45, 7) is 0. The van der Waals surface area contributed by atoms with Crippen LogP contribution in [0, 0.1) is 0 Å². The molecule has 0 amide bonds. The average molecular weight is 253 g/mol. The van der Waals surface area contributed by atoms with E-state index in [1.54, 1.807) is 18.2 Å². The zero-order valence-corrected chi connectivity index (χ0v) is 9.33. The van der Waals surface area contributed by atoms with Crippen molar-refractivity contribution in [2.75, 3.05) is 11.0 Å². The highest BCUT2D eigenvalue weighted by atomic mass is 35.5. The minimum absolute atomic E-state index is 0.0400. The summed E-state index contributed by atoms with van der Waals surface area (Å²) < 4.78 is 0. The average Bonchev–Trinajstić information content (AvgIpc) is 2.29. The molecule has 1 aromatic heterocycles. The molecule has 0 fully saturated rings. The van der Waals surface area contributed by atoms with Gasteiger partial charge in [-0.1, -0.05) is 17.7 Å². The van der Waals surface area contributed by atoms with Crippen molar-refractivity contribution in [3.05, 3.63) is 35.7 Å². The van der Waals surface area contributed by atoms with Crippen LogP contribution in [0.1, 0.15) is 0 Å². The Bertz CT molecular complexity index is 548. The molecule has 0 atom stereocenters. The van der Waals surface area contributed by atoms with Crippen molar-refractivity contribution < 1.29 is 10.4 Å². The van der Waals surface area contributed by atoms with Gasteiger partial charge in [0.25, 0.3) is 0 Å². The maximum atomic E-state index is 8.98. The normalized spacial score (nSPS) is 10.3. The van der Waals surface area contributed by atoms with E-state index in [1.165, 1.54) is 12.4 Å². The van der Waals surface area contributed by atoms with Gasteiger partial charge in [-0.3, -0.25) is 10.4 Å². The van der Waals surface area contributed by atoms with Crippen LogP contribution in [-0.4, -0.2) is 20.4 Å². The van der Waals surface area contributed by atoms with E-state index in [0.717, 1.165) is 0 Å². The Morgan fingerprint density at radius 1 is 1.18 bits per heavy atom. The highest BCUT2D eigenvalue weighted by molar-refractivity contribution is 6.29. The first-order valence-corrected chi connectivity index (χ1v) is 5.01. The number of rotatable bonds is 2. The molecule has 0 aliphatic heterocycles. The van der Waals surface area contributed by atoms with E-state index in [0.29, 0.717) is 16.4 Å². The Labute approximate surface area is 102 Å². The fourth-order valence-corrected chi connectivity index (χ4v) is 1.51. The molecular formula is C10H9ClN4O2. The quantitative estimate of drug-likeness (QED) is 0.430. The van der Waals surface area contributed by atoms with Crippen molar-refractivity contribution in [3.63, 3.8) is 0 Å². The Kier molecular flexibility index (Phi) is 3.10. The molecule has 2 aromatic rings. The van der Waals surface area contributed by atoms with Gasteiger partial charge in [-0.2, -0.15) is 0 Å². The minimum Gasteiger partial charge on any atom is -0.397 e. The molecule has 0 aliphatic carbocycles. The number of aromatic nitrogens is 2. The first kappa shape index (κ1) is 11.6. The van der Waals surface area contributed by atoms with Crippen molar-refractivity contribution >= 4 is 23.0 Å². The van der Waals surface area contributed by atoms with Crippen molar-refractivity contribution in [2.24, 2.45) is 0 Å². The summed E-state index contributed by atoms with van der Waals surface area (Å²) in [7, 11) is 0. The fourth-order valence-electron chi connectivity index (χ4n) is 1.37. The highest BCUT2D eigenvalue weighted by Crippen LogP contribution is 2.28. The lowest BCUT2D eigenvalue weighted by atomic mass is 10.1. The largest absolute Gasteiger partial charge is 0.397 e. The third kappa shape index (κ3) is 2.44. The highest BCUT2D eigenvalue weighted by Gasteiger charge is 2.08. The number of nitrogen functional groups attached to an aromatic ring is 1. The second-order valence-electron chi connectivity index (χ2n) is 3.29. The molecule has 1 aromatic carbocycles. The van der Waals surface area contributed by atoms with Gasteiger partial charge in [0.1, 0.15) is 17.2 Å². The molecule has 88 valence electrons. The molecule has 0 unspecified atom stereocenters. The van der Waals surface area contributed by atoms with Gasteiger partial charge >= 0.3 is 0 Å². The Morgan fingerprint density at radius 3 is 2.59 bits per heavy atom. The predicted octanol–water partition coefficient (Wildman–Crippen LogP) is 1.96. The summed E-state index contributed by atoms with van der Waals surface area (Å²) in [4.78, 5) is 7.78. The lowest BCUT2D eigenvalue weighted by molar-refractivity contribution is 0.0296. The molecule has 4 N–H and O–H groups in total. The van der Waals surface area contributed by atoms with E-state index < -0.39 is 0 Å². The lowest BCUT2D eigenvalue weighted by Gasteiger charge is -2.12. The van der Waals surface area contributed by atoms with Crippen molar-refractivity contribution in [3.8, 4) is 11.3 Å². The first-order valence-electron chi connectivity index (χ1n) is 4.63. The van der Waals surface area contributed by atoms with Crippen LogP contribution in [-0.2, 0) is 0 Å². The van der Waals surface area contributed by atoms with E-state index in [4.69, 9.17) is 27.7 Å². The van der Waals surface area contributed by atoms with Crippen molar-refractivity contribution in [2.45, 2.75) is 0 Å². The van der Waals surface area contributed by atoms with Gasteiger partial charge in [-0.05, 0) is 12.1 Å². The molecule has 0 bridgehead atoms. The van der Waals surface area contributed by atoms with Crippen LogP contribution in [0.15, 0.2) is 30.6 Å². The van der Waals surface area contributed by atoms with Gasteiger partial charge in [0.15, 0.2) is 0 Å². The number of hydrogen-bond donors (Lipinski definition) is 3. The first-order chi connectivity index (χ1) is 8.08. The summed E-state index contributed by atoms with van der Waals surface area (Å²) in [6, 6.07) is 6.28. The van der Waals surface area contributed by atoms with Crippen LogP contribution in [0.25, 0.3) is 11.3 Å². The minimum atomic E-state index is -0.0400. The SMILES string of the molecule is Nc1ccc(-c2cc(Cl)ncn2)cc1N(O)O. The molecule has 0 spiro atoms. The van der Waals surface area contributed by atoms with Crippen LogP contribution < -0.4 is 11.0 Å². The van der Waals surface area contributed by atoms with E-state index in [1.807, 2.05) is 0 Å².